The normalized spacial score (nSPS) is 35.6. The number of esters is 1. The maximum absolute atomic E-state index is 11.2. The topological polar surface area (TPSA) is 52.3 Å². The molecule has 0 aromatic rings. The van der Waals surface area contributed by atoms with Crippen LogP contribution in [0.1, 0.15) is 13.3 Å². The zero-order valence-electron chi connectivity index (χ0n) is 8.49. The van der Waals surface area contributed by atoms with Crippen molar-refractivity contribution in [3.63, 3.8) is 0 Å². The third kappa shape index (κ3) is 1.20. The lowest BCUT2D eigenvalue weighted by Gasteiger charge is -2.19. The molecule has 2 N–H and O–H groups in total. The van der Waals surface area contributed by atoms with Crippen molar-refractivity contribution in [2.45, 2.75) is 19.4 Å². The molecule has 0 radical (unpaired) electrons. The highest BCUT2D eigenvalue weighted by Gasteiger charge is 2.54. The van der Waals surface area contributed by atoms with Gasteiger partial charge in [-0.1, -0.05) is 18.2 Å². The van der Waals surface area contributed by atoms with Crippen LogP contribution in [0.4, 0.5) is 0 Å². The van der Waals surface area contributed by atoms with Gasteiger partial charge in [0.05, 0.1) is 12.7 Å². The van der Waals surface area contributed by atoms with Gasteiger partial charge in [0.2, 0.25) is 0 Å². The summed E-state index contributed by atoms with van der Waals surface area (Å²) in [5.74, 6) is 0.174. The van der Waals surface area contributed by atoms with Crippen LogP contribution in [0.25, 0.3) is 0 Å². The van der Waals surface area contributed by atoms with E-state index in [1.165, 1.54) is 7.11 Å². The second-order valence-corrected chi connectivity index (χ2v) is 4.16. The van der Waals surface area contributed by atoms with E-state index in [0.29, 0.717) is 11.5 Å². The Labute approximate surface area is 83.6 Å². The molecule has 0 heterocycles. The monoisotopic (exact) mass is 193 g/mol. The number of fused-ring (bicyclic) bond motifs is 1. The second-order valence-electron chi connectivity index (χ2n) is 4.16. The number of allylic oxidation sites excluding steroid dienone is 1. The van der Waals surface area contributed by atoms with E-state index in [4.69, 9.17) is 5.73 Å². The van der Waals surface area contributed by atoms with Gasteiger partial charge in [0.25, 0.3) is 0 Å². The molecule has 0 bridgehead atoms. The van der Waals surface area contributed by atoms with E-state index in [-0.39, 0.29) is 17.4 Å². The first-order valence-corrected chi connectivity index (χ1v) is 4.85. The molecule has 3 atom stereocenters. The summed E-state index contributed by atoms with van der Waals surface area (Å²) in [5, 5.41) is 0. The Kier molecular flexibility index (Phi) is 2.00. The van der Waals surface area contributed by atoms with Crippen molar-refractivity contribution in [1.29, 1.82) is 0 Å². The van der Waals surface area contributed by atoms with Crippen LogP contribution >= 0.6 is 0 Å². The number of rotatable bonds is 2. The van der Waals surface area contributed by atoms with Crippen LogP contribution in [0.5, 0.6) is 0 Å². The highest BCUT2D eigenvalue weighted by molar-refractivity contribution is 5.92. The van der Waals surface area contributed by atoms with Gasteiger partial charge in [-0.25, -0.2) is 4.79 Å². The Bertz CT molecular complexity index is 330. The number of hydrogen-bond acceptors (Lipinski definition) is 3. The van der Waals surface area contributed by atoms with Crippen molar-refractivity contribution < 1.29 is 9.53 Å². The van der Waals surface area contributed by atoms with Crippen LogP contribution in [0, 0.1) is 11.3 Å². The fourth-order valence-electron chi connectivity index (χ4n) is 2.17. The largest absolute Gasteiger partial charge is 0.465 e. The molecule has 3 nitrogen and oxygen atoms in total. The maximum atomic E-state index is 11.2. The molecule has 2 aliphatic carbocycles. The molecule has 0 aromatic carbocycles. The quantitative estimate of drug-likeness (QED) is 0.666. The molecule has 76 valence electrons. The summed E-state index contributed by atoms with van der Waals surface area (Å²) in [4.78, 5) is 11.2. The predicted octanol–water partition coefficient (Wildman–Crippen LogP) is 1.01. The smallest absolute Gasteiger partial charge is 0.337 e. The first kappa shape index (κ1) is 9.46. The van der Waals surface area contributed by atoms with Gasteiger partial charge >= 0.3 is 5.97 Å². The van der Waals surface area contributed by atoms with Crippen molar-refractivity contribution in [2.75, 3.05) is 7.11 Å². The molecule has 1 fully saturated rings. The SMILES string of the molecule is COC(=O)C1=CC2CC2([C@H](C)N)C=C1. The van der Waals surface area contributed by atoms with Crippen molar-refractivity contribution in [1.82, 2.24) is 0 Å². The molecule has 0 saturated heterocycles. The third-order valence-corrected chi connectivity index (χ3v) is 3.33. The zero-order chi connectivity index (χ0) is 10.3. The van der Waals surface area contributed by atoms with Crippen LogP contribution in [0.3, 0.4) is 0 Å². The summed E-state index contributed by atoms with van der Waals surface area (Å²) in [5.41, 5.74) is 6.68. The Morgan fingerprint density at radius 2 is 2.50 bits per heavy atom. The predicted molar refractivity (Wildman–Crippen MR) is 53.4 cm³/mol. The fraction of sp³-hybridized carbons (Fsp3) is 0.545. The van der Waals surface area contributed by atoms with Crippen LogP contribution in [-0.4, -0.2) is 19.1 Å². The molecule has 1 saturated carbocycles. The molecule has 0 aromatic heterocycles. The van der Waals surface area contributed by atoms with E-state index in [1.807, 2.05) is 19.1 Å². The third-order valence-electron chi connectivity index (χ3n) is 3.33. The molecule has 0 aliphatic heterocycles. The summed E-state index contributed by atoms with van der Waals surface area (Å²) >= 11 is 0. The number of nitrogens with two attached hydrogens (primary N) is 1. The Morgan fingerprint density at radius 3 is 3.00 bits per heavy atom. The first-order chi connectivity index (χ1) is 6.60. The van der Waals surface area contributed by atoms with Crippen molar-refractivity contribution in [3.05, 3.63) is 23.8 Å². The van der Waals surface area contributed by atoms with Gasteiger partial charge in [-0.05, 0) is 19.3 Å². The Balaban J connectivity index is 2.16. The first-order valence-electron chi connectivity index (χ1n) is 4.85. The van der Waals surface area contributed by atoms with Crippen molar-refractivity contribution in [2.24, 2.45) is 17.1 Å². The molecule has 2 unspecified atom stereocenters. The number of ether oxygens (including phenoxy) is 1. The van der Waals surface area contributed by atoms with Gasteiger partial charge in [-0.3, -0.25) is 0 Å². The lowest BCUT2D eigenvalue weighted by atomic mass is 9.90. The molecule has 2 aliphatic rings. The standard InChI is InChI=1S/C11H15NO2/c1-7(12)11-4-3-8(10(13)14-2)5-9(11)6-11/h3-5,7,9H,6,12H2,1-2H3/t7-,9?,11?/m0/s1. The van der Waals surface area contributed by atoms with Gasteiger partial charge < -0.3 is 10.5 Å². The average molecular weight is 193 g/mol. The van der Waals surface area contributed by atoms with E-state index in [9.17, 15) is 4.79 Å². The maximum Gasteiger partial charge on any atom is 0.337 e. The van der Waals surface area contributed by atoms with Crippen LogP contribution < -0.4 is 5.73 Å². The second kappa shape index (κ2) is 2.95. The highest BCUT2D eigenvalue weighted by atomic mass is 16.5. The van der Waals surface area contributed by atoms with Gasteiger partial charge in [0.15, 0.2) is 0 Å². The number of hydrogen-bond donors (Lipinski definition) is 1. The zero-order valence-corrected chi connectivity index (χ0v) is 8.49. The number of carbonyl (C=O) groups is 1. The minimum atomic E-state index is -0.258. The van der Waals surface area contributed by atoms with Gasteiger partial charge in [0, 0.05) is 11.5 Å². The molecule has 3 heteroatoms. The summed E-state index contributed by atoms with van der Waals surface area (Å²) in [6.07, 6.45) is 6.93. The van der Waals surface area contributed by atoms with Crippen molar-refractivity contribution in [3.8, 4) is 0 Å². The lowest BCUT2D eigenvalue weighted by Crippen LogP contribution is -2.29. The van der Waals surface area contributed by atoms with E-state index in [0.717, 1.165) is 6.42 Å². The highest BCUT2D eigenvalue weighted by Crippen LogP contribution is 2.58. The lowest BCUT2D eigenvalue weighted by molar-refractivity contribution is -0.135. The average Bonchev–Trinajstić information content (AvgIpc) is 2.90. The molecule has 0 spiro atoms. The van der Waals surface area contributed by atoms with Gasteiger partial charge in [-0.15, -0.1) is 0 Å². The number of methoxy groups -OCH3 is 1. The number of carbonyl (C=O) groups excluding carboxylic acids is 1. The van der Waals surface area contributed by atoms with Gasteiger partial charge in [0.1, 0.15) is 0 Å². The van der Waals surface area contributed by atoms with E-state index >= 15 is 0 Å². The van der Waals surface area contributed by atoms with E-state index < -0.39 is 0 Å². The van der Waals surface area contributed by atoms with Crippen LogP contribution in [0.15, 0.2) is 23.8 Å². The summed E-state index contributed by atoms with van der Waals surface area (Å²) in [6.45, 7) is 2.02. The molecular formula is C11H15NO2. The Hall–Kier alpha value is -1.09. The molecule has 14 heavy (non-hydrogen) atoms. The van der Waals surface area contributed by atoms with Crippen molar-refractivity contribution >= 4 is 5.97 Å². The molecule has 2 rings (SSSR count). The van der Waals surface area contributed by atoms with Gasteiger partial charge in [-0.2, -0.15) is 0 Å². The van der Waals surface area contributed by atoms with Crippen LogP contribution in [0.2, 0.25) is 0 Å². The van der Waals surface area contributed by atoms with E-state index in [1.54, 1.807) is 0 Å². The fourth-order valence-corrected chi connectivity index (χ4v) is 2.17. The minimum absolute atomic E-state index is 0.123. The summed E-state index contributed by atoms with van der Waals surface area (Å²) in [6, 6.07) is 0.152. The summed E-state index contributed by atoms with van der Waals surface area (Å²) < 4.78 is 4.66. The minimum Gasteiger partial charge on any atom is -0.465 e. The van der Waals surface area contributed by atoms with E-state index in [2.05, 4.69) is 10.8 Å². The molecule has 0 amide bonds. The summed E-state index contributed by atoms with van der Waals surface area (Å²) in [7, 11) is 1.40. The Morgan fingerprint density at radius 1 is 1.79 bits per heavy atom. The molecular weight excluding hydrogens is 178 g/mol. The van der Waals surface area contributed by atoms with Crippen LogP contribution in [-0.2, 0) is 9.53 Å².